The second-order valence-electron chi connectivity index (χ2n) is 6.25. The molecule has 1 saturated carbocycles. The van der Waals surface area contributed by atoms with Gasteiger partial charge in [-0.05, 0) is 49.9 Å². The van der Waals surface area contributed by atoms with Crippen LogP contribution in [0.5, 0.6) is 0 Å². The van der Waals surface area contributed by atoms with E-state index in [-0.39, 0.29) is 17.4 Å². The maximum atomic E-state index is 12.5. The lowest BCUT2D eigenvalue weighted by Crippen LogP contribution is -2.44. The zero-order chi connectivity index (χ0) is 16.5. The van der Waals surface area contributed by atoms with E-state index >= 15 is 0 Å². The maximum Gasteiger partial charge on any atom is 0.416 e. The normalized spacial score (nSPS) is 27.0. The Labute approximate surface area is 132 Å². The van der Waals surface area contributed by atoms with Crippen molar-refractivity contribution in [1.29, 1.82) is 0 Å². The van der Waals surface area contributed by atoms with Crippen LogP contribution in [0.15, 0.2) is 29.4 Å². The summed E-state index contributed by atoms with van der Waals surface area (Å²) in [4.78, 5) is 12.3. The van der Waals surface area contributed by atoms with Gasteiger partial charge in [0, 0.05) is 24.2 Å². The van der Waals surface area contributed by atoms with E-state index in [1.807, 2.05) is 6.21 Å². The number of carbonyl (C=O) groups excluding carboxylic acids is 1. The van der Waals surface area contributed by atoms with Gasteiger partial charge in [0.25, 0.3) is 0 Å². The summed E-state index contributed by atoms with van der Waals surface area (Å²) < 4.78 is 37.5. The van der Waals surface area contributed by atoms with Crippen molar-refractivity contribution < 1.29 is 18.0 Å². The van der Waals surface area contributed by atoms with E-state index in [4.69, 9.17) is 0 Å². The van der Waals surface area contributed by atoms with Crippen LogP contribution in [0.4, 0.5) is 18.9 Å². The van der Waals surface area contributed by atoms with Crippen molar-refractivity contribution in [3.8, 4) is 0 Å². The molecule has 1 heterocycles. The van der Waals surface area contributed by atoms with Gasteiger partial charge in [0.2, 0.25) is 5.91 Å². The van der Waals surface area contributed by atoms with Crippen molar-refractivity contribution in [3.05, 3.63) is 29.8 Å². The number of amides is 1. The van der Waals surface area contributed by atoms with E-state index in [9.17, 15) is 18.0 Å². The third kappa shape index (κ3) is 3.48. The number of hydrogen-bond acceptors (Lipinski definition) is 3. The van der Waals surface area contributed by atoms with E-state index in [1.54, 1.807) is 0 Å². The van der Waals surface area contributed by atoms with Crippen molar-refractivity contribution in [2.24, 2.45) is 11.0 Å². The molecule has 1 spiro atoms. The molecule has 1 amide bonds. The molecule has 1 aromatic carbocycles. The zero-order valence-corrected chi connectivity index (χ0v) is 12.5. The molecular formula is C16H18F3N3O. The van der Waals surface area contributed by atoms with Crippen molar-refractivity contribution in [2.45, 2.75) is 43.8 Å². The molecule has 23 heavy (non-hydrogen) atoms. The lowest BCUT2D eigenvalue weighted by Gasteiger charge is -2.36. The summed E-state index contributed by atoms with van der Waals surface area (Å²) in [5, 5.41) is 6.77. The van der Waals surface area contributed by atoms with Crippen LogP contribution in [0.3, 0.4) is 0 Å². The molecule has 0 aromatic heterocycles. The van der Waals surface area contributed by atoms with Gasteiger partial charge in [0.05, 0.1) is 11.1 Å². The van der Waals surface area contributed by atoms with Crippen LogP contribution in [0.25, 0.3) is 0 Å². The molecule has 7 heteroatoms. The molecule has 1 aromatic rings. The Bertz CT molecular complexity index is 592. The molecule has 2 aliphatic rings. The van der Waals surface area contributed by atoms with Crippen LogP contribution in [-0.4, -0.2) is 17.7 Å². The molecule has 0 unspecified atom stereocenters. The summed E-state index contributed by atoms with van der Waals surface area (Å²) in [7, 11) is 0. The minimum Gasteiger partial charge on any atom is -0.326 e. The fraction of sp³-hybridized carbons (Fsp3) is 0.500. The third-order valence-electron chi connectivity index (χ3n) is 4.67. The number of alkyl halides is 3. The highest BCUT2D eigenvalue weighted by molar-refractivity contribution is 5.92. The molecule has 2 N–H and O–H groups in total. The van der Waals surface area contributed by atoms with E-state index in [0.29, 0.717) is 5.69 Å². The first-order chi connectivity index (χ1) is 10.9. The average molecular weight is 325 g/mol. The molecule has 0 atom stereocenters. The van der Waals surface area contributed by atoms with Crippen LogP contribution < -0.4 is 10.7 Å². The first kappa shape index (κ1) is 15.8. The summed E-state index contributed by atoms with van der Waals surface area (Å²) in [5.41, 5.74) is 2.81. The summed E-state index contributed by atoms with van der Waals surface area (Å²) in [6, 6.07) is 4.53. The highest BCUT2D eigenvalue weighted by atomic mass is 19.4. The fourth-order valence-electron chi connectivity index (χ4n) is 3.18. The second-order valence-corrected chi connectivity index (χ2v) is 6.25. The van der Waals surface area contributed by atoms with Gasteiger partial charge >= 0.3 is 6.18 Å². The predicted octanol–water partition coefficient (Wildman–Crippen LogP) is 3.55. The summed E-state index contributed by atoms with van der Waals surface area (Å²) in [5.74, 6) is -0.233. The Balaban J connectivity index is 1.55. The number of nitrogens with zero attached hydrogens (tertiary/aromatic N) is 1. The number of rotatable bonds is 2. The van der Waals surface area contributed by atoms with E-state index in [2.05, 4.69) is 15.8 Å². The molecule has 0 saturated heterocycles. The zero-order valence-electron chi connectivity index (χ0n) is 12.5. The fourth-order valence-corrected chi connectivity index (χ4v) is 3.18. The Hall–Kier alpha value is -2.05. The van der Waals surface area contributed by atoms with Gasteiger partial charge in [-0.1, -0.05) is 0 Å². The van der Waals surface area contributed by atoms with Gasteiger partial charge in [-0.25, -0.2) is 0 Å². The van der Waals surface area contributed by atoms with Crippen molar-refractivity contribution in [3.63, 3.8) is 0 Å². The summed E-state index contributed by atoms with van der Waals surface area (Å²) in [6.07, 6.45) is 1.64. The molecule has 0 radical (unpaired) electrons. The summed E-state index contributed by atoms with van der Waals surface area (Å²) >= 11 is 0. The van der Waals surface area contributed by atoms with Crippen LogP contribution in [0, 0.1) is 5.92 Å². The number of anilines is 1. The largest absolute Gasteiger partial charge is 0.416 e. The lowest BCUT2D eigenvalue weighted by molar-refractivity contribution is -0.137. The van der Waals surface area contributed by atoms with E-state index in [1.165, 1.54) is 12.1 Å². The smallest absolute Gasteiger partial charge is 0.326 e. The molecule has 3 rings (SSSR count). The standard InChI is InChI=1S/C16H18F3N3O/c17-16(18,19)12-1-3-13(4-2-12)21-14(23)11-5-7-15(8-6-11)9-10-20-22-15/h1-4,10-11,22H,5-9H2,(H,21,23). The number of hydrogen-bond donors (Lipinski definition) is 2. The van der Waals surface area contributed by atoms with Gasteiger partial charge in [-0.2, -0.15) is 18.3 Å². The highest BCUT2D eigenvalue weighted by Crippen LogP contribution is 2.36. The van der Waals surface area contributed by atoms with Crippen LogP contribution in [0.2, 0.25) is 0 Å². The lowest BCUT2D eigenvalue weighted by atomic mass is 9.75. The van der Waals surface area contributed by atoms with Gasteiger partial charge in [0.15, 0.2) is 0 Å². The van der Waals surface area contributed by atoms with Crippen molar-refractivity contribution in [2.75, 3.05) is 5.32 Å². The molecule has 4 nitrogen and oxygen atoms in total. The van der Waals surface area contributed by atoms with Crippen LogP contribution >= 0.6 is 0 Å². The maximum absolute atomic E-state index is 12.5. The van der Waals surface area contributed by atoms with Crippen LogP contribution in [0.1, 0.15) is 37.7 Å². The predicted molar refractivity (Wildman–Crippen MR) is 81.0 cm³/mol. The molecule has 0 bridgehead atoms. The first-order valence-electron chi connectivity index (χ1n) is 7.65. The Morgan fingerprint density at radius 1 is 1.22 bits per heavy atom. The Morgan fingerprint density at radius 2 is 1.87 bits per heavy atom. The molecule has 1 aliphatic heterocycles. The first-order valence-corrected chi connectivity index (χ1v) is 7.65. The quantitative estimate of drug-likeness (QED) is 0.874. The SMILES string of the molecule is O=C(Nc1ccc(C(F)(F)F)cc1)C1CCC2(CC=NN2)CC1. The third-order valence-corrected chi connectivity index (χ3v) is 4.67. The Kier molecular flexibility index (Phi) is 4.04. The number of nitrogens with one attached hydrogen (secondary N) is 2. The minimum atomic E-state index is -4.36. The Morgan fingerprint density at radius 3 is 2.39 bits per heavy atom. The van der Waals surface area contributed by atoms with E-state index in [0.717, 1.165) is 44.2 Å². The van der Waals surface area contributed by atoms with Gasteiger partial charge in [-0.3, -0.25) is 4.79 Å². The molecule has 1 fully saturated rings. The molecule has 124 valence electrons. The number of hydrazone groups is 1. The topological polar surface area (TPSA) is 53.5 Å². The second kappa shape index (κ2) is 5.86. The number of carbonyl (C=O) groups is 1. The van der Waals surface area contributed by atoms with Gasteiger partial charge in [0.1, 0.15) is 0 Å². The highest BCUT2D eigenvalue weighted by Gasteiger charge is 2.38. The van der Waals surface area contributed by atoms with Crippen molar-refractivity contribution >= 4 is 17.8 Å². The monoisotopic (exact) mass is 325 g/mol. The molecular weight excluding hydrogens is 307 g/mol. The minimum absolute atomic E-state index is 0.00510. The summed E-state index contributed by atoms with van der Waals surface area (Å²) in [6.45, 7) is 0. The van der Waals surface area contributed by atoms with E-state index < -0.39 is 11.7 Å². The van der Waals surface area contributed by atoms with Crippen molar-refractivity contribution in [1.82, 2.24) is 5.43 Å². The number of benzene rings is 1. The van der Waals surface area contributed by atoms with Gasteiger partial charge < -0.3 is 10.7 Å². The average Bonchev–Trinajstić information content (AvgIpc) is 2.96. The van der Waals surface area contributed by atoms with Crippen LogP contribution in [-0.2, 0) is 11.0 Å². The van der Waals surface area contributed by atoms with Gasteiger partial charge in [-0.15, -0.1) is 0 Å². The number of halogens is 3. The molecule has 1 aliphatic carbocycles.